The van der Waals surface area contributed by atoms with Crippen molar-refractivity contribution in [3.8, 4) is 0 Å². The van der Waals surface area contributed by atoms with Crippen molar-refractivity contribution in [3.63, 3.8) is 0 Å². The second kappa shape index (κ2) is 7.87. The van der Waals surface area contributed by atoms with Gasteiger partial charge in [-0.05, 0) is 38.1 Å². The van der Waals surface area contributed by atoms with Crippen LogP contribution < -0.4 is 0 Å². The van der Waals surface area contributed by atoms with E-state index in [4.69, 9.17) is 0 Å². The molecule has 0 spiro atoms. The van der Waals surface area contributed by atoms with E-state index >= 15 is 0 Å². The second-order valence-corrected chi connectivity index (χ2v) is 6.86. The van der Waals surface area contributed by atoms with E-state index in [2.05, 4.69) is 16.9 Å². The molecule has 0 aliphatic carbocycles. The zero-order valence-electron chi connectivity index (χ0n) is 16.0. The van der Waals surface area contributed by atoms with Crippen molar-refractivity contribution in [1.29, 1.82) is 0 Å². The maximum absolute atomic E-state index is 12.7. The van der Waals surface area contributed by atoms with Gasteiger partial charge in [-0.15, -0.1) is 0 Å². The lowest BCUT2D eigenvalue weighted by molar-refractivity contribution is -0.386. The maximum atomic E-state index is 12.7. The molecule has 1 aromatic carbocycles. The third-order valence-corrected chi connectivity index (χ3v) is 5.17. The molecule has 0 N–H and O–H groups in total. The summed E-state index contributed by atoms with van der Waals surface area (Å²) in [6, 6.07) is 7.42. The largest absolute Gasteiger partial charge is 0.336 e. The molecule has 0 bridgehead atoms. The highest BCUT2D eigenvalue weighted by Gasteiger charge is 2.23. The Hall–Kier alpha value is -2.74. The molecule has 1 fully saturated rings. The molecular weight excluding hydrogens is 346 g/mol. The normalized spacial score (nSPS) is 15.1. The molecule has 1 aliphatic heterocycles. The van der Waals surface area contributed by atoms with E-state index in [1.54, 1.807) is 18.5 Å². The van der Waals surface area contributed by atoms with Gasteiger partial charge in [-0.3, -0.25) is 19.6 Å². The number of nitro groups is 1. The van der Waals surface area contributed by atoms with E-state index in [-0.39, 0.29) is 11.6 Å². The summed E-state index contributed by atoms with van der Waals surface area (Å²) in [6.07, 6.45) is 0. The monoisotopic (exact) mass is 371 g/mol. The number of amides is 1. The highest BCUT2D eigenvalue weighted by Crippen LogP contribution is 2.22. The Bertz CT molecular complexity index is 836. The Morgan fingerprint density at radius 2 is 1.78 bits per heavy atom. The van der Waals surface area contributed by atoms with Crippen molar-refractivity contribution in [1.82, 2.24) is 19.6 Å². The van der Waals surface area contributed by atoms with Crippen molar-refractivity contribution >= 4 is 11.6 Å². The summed E-state index contributed by atoms with van der Waals surface area (Å²) in [5, 5.41) is 15.4. The molecule has 0 radical (unpaired) electrons. The molecule has 1 amide bonds. The fourth-order valence-corrected chi connectivity index (χ4v) is 3.48. The molecule has 3 rings (SSSR count). The summed E-state index contributed by atoms with van der Waals surface area (Å²) in [4.78, 5) is 27.6. The number of piperazine rings is 1. The van der Waals surface area contributed by atoms with E-state index in [1.807, 2.05) is 29.2 Å². The van der Waals surface area contributed by atoms with Gasteiger partial charge in [0.1, 0.15) is 11.4 Å². The van der Waals surface area contributed by atoms with Gasteiger partial charge in [-0.2, -0.15) is 5.10 Å². The minimum Gasteiger partial charge on any atom is -0.336 e. The topological polar surface area (TPSA) is 84.5 Å². The summed E-state index contributed by atoms with van der Waals surface area (Å²) in [6.45, 7) is 10.3. The second-order valence-electron chi connectivity index (χ2n) is 6.86. The van der Waals surface area contributed by atoms with Crippen LogP contribution in [0.4, 0.5) is 5.69 Å². The number of hydrogen-bond acceptors (Lipinski definition) is 5. The Kier molecular flexibility index (Phi) is 5.55. The van der Waals surface area contributed by atoms with E-state index in [1.165, 1.54) is 0 Å². The number of rotatable bonds is 5. The third-order valence-electron chi connectivity index (χ3n) is 5.17. The van der Waals surface area contributed by atoms with Gasteiger partial charge in [0.05, 0.1) is 11.5 Å². The molecule has 144 valence electrons. The number of aryl methyl sites for hydroxylation is 1. The smallest absolute Gasteiger partial charge is 0.312 e. The van der Waals surface area contributed by atoms with Crippen LogP contribution in [0.3, 0.4) is 0 Å². The van der Waals surface area contributed by atoms with Crippen molar-refractivity contribution in [2.24, 2.45) is 0 Å². The van der Waals surface area contributed by atoms with Crippen LogP contribution in [0.25, 0.3) is 0 Å². The van der Waals surface area contributed by atoms with Crippen LogP contribution in [0.2, 0.25) is 0 Å². The Labute approximate surface area is 158 Å². The number of nitrogens with zero attached hydrogens (tertiary/aromatic N) is 5. The highest BCUT2D eigenvalue weighted by atomic mass is 16.6. The fourth-order valence-electron chi connectivity index (χ4n) is 3.48. The lowest BCUT2D eigenvalue weighted by Crippen LogP contribution is -2.48. The van der Waals surface area contributed by atoms with Crippen molar-refractivity contribution < 1.29 is 9.72 Å². The molecule has 1 aromatic heterocycles. The van der Waals surface area contributed by atoms with Gasteiger partial charge in [0.15, 0.2) is 0 Å². The Morgan fingerprint density at radius 3 is 2.30 bits per heavy atom. The standard InChI is InChI=1S/C19H25N5O3/c1-4-21-9-11-22(12-10-21)19(25)17-7-5-16(6-8-17)13-23-15(3)18(24(26)27)14(2)20-23/h5-8H,4,9-13H2,1-3H3. The van der Waals surface area contributed by atoms with E-state index in [0.29, 0.717) is 23.5 Å². The molecule has 1 saturated heterocycles. The molecule has 0 unspecified atom stereocenters. The molecule has 2 aromatic rings. The molecule has 0 atom stereocenters. The molecule has 8 nitrogen and oxygen atoms in total. The van der Waals surface area contributed by atoms with Gasteiger partial charge in [-0.25, -0.2) is 0 Å². The third kappa shape index (κ3) is 4.00. The highest BCUT2D eigenvalue weighted by molar-refractivity contribution is 5.94. The van der Waals surface area contributed by atoms with Gasteiger partial charge in [0, 0.05) is 31.7 Å². The van der Waals surface area contributed by atoms with Gasteiger partial charge < -0.3 is 9.80 Å². The minimum atomic E-state index is -0.395. The van der Waals surface area contributed by atoms with E-state index in [0.717, 1.165) is 38.3 Å². The molecule has 1 aliphatic rings. The lowest BCUT2D eigenvalue weighted by atomic mass is 10.1. The van der Waals surface area contributed by atoms with Crippen LogP contribution in [0, 0.1) is 24.0 Å². The van der Waals surface area contributed by atoms with Crippen LogP contribution in [0.1, 0.15) is 34.2 Å². The Balaban J connectivity index is 1.68. The van der Waals surface area contributed by atoms with E-state index in [9.17, 15) is 14.9 Å². The lowest BCUT2D eigenvalue weighted by Gasteiger charge is -2.34. The summed E-state index contributed by atoms with van der Waals surface area (Å²) in [5.41, 5.74) is 2.63. The number of carbonyl (C=O) groups is 1. The first kappa shape index (κ1) is 19.0. The van der Waals surface area contributed by atoms with Crippen LogP contribution in [0.5, 0.6) is 0 Å². The molecule has 2 heterocycles. The number of aromatic nitrogens is 2. The number of hydrogen-bond donors (Lipinski definition) is 0. The zero-order chi connectivity index (χ0) is 19.6. The molecule has 0 saturated carbocycles. The van der Waals surface area contributed by atoms with Gasteiger partial charge >= 0.3 is 5.69 Å². The summed E-state index contributed by atoms with van der Waals surface area (Å²) in [5.74, 6) is 0.0547. The quantitative estimate of drug-likeness (QED) is 0.594. The predicted molar refractivity (Wildman–Crippen MR) is 102 cm³/mol. The summed E-state index contributed by atoms with van der Waals surface area (Å²) in [7, 11) is 0. The van der Waals surface area contributed by atoms with Crippen LogP contribution in [-0.2, 0) is 6.54 Å². The first-order chi connectivity index (χ1) is 12.9. The summed E-state index contributed by atoms with van der Waals surface area (Å²) >= 11 is 0. The van der Waals surface area contributed by atoms with E-state index < -0.39 is 4.92 Å². The van der Waals surface area contributed by atoms with Gasteiger partial charge in [0.2, 0.25) is 0 Å². The maximum Gasteiger partial charge on any atom is 0.312 e. The molecule has 27 heavy (non-hydrogen) atoms. The van der Waals surface area contributed by atoms with Crippen molar-refractivity contribution in [2.75, 3.05) is 32.7 Å². The van der Waals surface area contributed by atoms with Crippen molar-refractivity contribution in [3.05, 3.63) is 56.9 Å². The number of benzene rings is 1. The average Bonchev–Trinajstić information content (AvgIpc) is 2.95. The van der Waals surface area contributed by atoms with Crippen molar-refractivity contribution in [2.45, 2.75) is 27.3 Å². The van der Waals surface area contributed by atoms with Crippen LogP contribution in [0.15, 0.2) is 24.3 Å². The predicted octanol–water partition coefficient (Wildman–Crippen LogP) is 2.23. The van der Waals surface area contributed by atoms with Gasteiger partial charge in [0.25, 0.3) is 5.91 Å². The number of likely N-dealkylation sites (N-methyl/N-ethyl adjacent to an activating group) is 1. The average molecular weight is 371 g/mol. The first-order valence-corrected chi connectivity index (χ1v) is 9.19. The fraction of sp³-hybridized carbons (Fsp3) is 0.474. The molecule has 8 heteroatoms. The molecular formula is C19H25N5O3. The minimum absolute atomic E-state index is 0.0547. The number of carbonyl (C=O) groups excluding carboxylic acids is 1. The first-order valence-electron chi connectivity index (χ1n) is 9.19. The Morgan fingerprint density at radius 1 is 1.15 bits per heavy atom. The van der Waals surface area contributed by atoms with Crippen LogP contribution in [-0.4, -0.2) is 63.1 Å². The van der Waals surface area contributed by atoms with Gasteiger partial charge in [-0.1, -0.05) is 19.1 Å². The zero-order valence-corrected chi connectivity index (χ0v) is 16.0. The summed E-state index contributed by atoms with van der Waals surface area (Å²) < 4.78 is 1.63. The SMILES string of the molecule is CCN1CCN(C(=O)c2ccc(Cn3nc(C)c([N+](=O)[O-])c3C)cc2)CC1. The van der Waals surface area contributed by atoms with Crippen LogP contribution >= 0.6 is 0 Å².